The van der Waals surface area contributed by atoms with Crippen molar-refractivity contribution in [1.82, 2.24) is 0 Å². The van der Waals surface area contributed by atoms with Gasteiger partial charge in [-0.05, 0) is 128 Å². The molecule has 440 valence electrons. The van der Waals surface area contributed by atoms with E-state index in [0.717, 1.165) is 135 Å². The van der Waals surface area contributed by atoms with Crippen LogP contribution in [-0.4, -0.2) is 37.2 Å². The lowest BCUT2D eigenvalue weighted by Gasteiger charge is -2.18. The van der Waals surface area contributed by atoms with Crippen LogP contribution in [0.3, 0.4) is 0 Å². The van der Waals surface area contributed by atoms with Crippen molar-refractivity contribution >= 4 is 17.9 Å². The van der Waals surface area contributed by atoms with Gasteiger partial charge >= 0.3 is 17.9 Å². The van der Waals surface area contributed by atoms with E-state index in [-0.39, 0.29) is 31.1 Å². The summed E-state index contributed by atoms with van der Waals surface area (Å²) in [6.45, 7) is 6.50. The number of carbonyl (C=O) groups is 3. The summed E-state index contributed by atoms with van der Waals surface area (Å²) in [5.74, 6) is -0.920. The van der Waals surface area contributed by atoms with E-state index in [0.29, 0.717) is 19.3 Å². The summed E-state index contributed by atoms with van der Waals surface area (Å²) >= 11 is 0. The molecule has 0 aliphatic carbocycles. The number of allylic oxidation sites excluding steroid dienone is 18. The molecule has 0 bridgehead atoms. The van der Waals surface area contributed by atoms with Crippen LogP contribution in [0.5, 0.6) is 0 Å². The molecule has 77 heavy (non-hydrogen) atoms. The van der Waals surface area contributed by atoms with Gasteiger partial charge in [0, 0.05) is 19.3 Å². The van der Waals surface area contributed by atoms with Crippen molar-refractivity contribution in [3.8, 4) is 0 Å². The third kappa shape index (κ3) is 62.8. The first-order valence-corrected chi connectivity index (χ1v) is 32.4. The molecule has 1 unspecified atom stereocenters. The zero-order valence-corrected chi connectivity index (χ0v) is 50.4. The molecule has 0 aromatic rings. The summed E-state index contributed by atoms with van der Waals surface area (Å²) in [6, 6.07) is 0. The molecular formula is C71H120O6. The van der Waals surface area contributed by atoms with E-state index in [2.05, 4.69) is 130 Å². The van der Waals surface area contributed by atoms with E-state index in [1.165, 1.54) is 128 Å². The van der Waals surface area contributed by atoms with Gasteiger partial charge in [0.25, 0.3) is 0 Å². The smallest absolute Gasteiger partial charge is 0.306 e. The summed E-state index contributed by atoms with van der Waals surface area (Å²) in [5.41, 5.74) is 0. The molecule has 0 aliphatic heterocycles. The monoisotopic (exact) mass is 1070 g/mol. The fourth-order valence-electron chi connectivity index (χ4n) is 8.88. The van der Waals surface area contributed by atoms with Crippen LogP contribution in [0.25, 0.3) is 0 Å². The predicted octanol–water partition coefficient (Wildman–Crippen LogP) is 22.2. The first kappa shape index (κ1) is 73.1. The standard InChI is InChI=1S/C71H120O6/c1-4-7-10-13-16-19-22-25-28-30-32-34-35-37-38-40-43-46-49-52-55-58-61-64-70(73)76-67-68(66-75-69(72)63-60-57-54-51-48-45-42-27-24-21-18-15-12-9-6-3)77-71(74)65-62-59-56-53-50-47-44-41-39-36-33-31-29-26-23-20-17-14-11-8-5-2/h8,11,17,20,22,25-27,29-30,32-33,35-37,41-42,44,68H,4-7,9-10,12-16,18-19,21,23-24,28,31,34,38-40,43,45-67H2,1-3H3/b11-8-,20-17-,25-22-,29-26-,32-30-,36-33-,37-35-,42-27-,44-41-. The van der Waals surface area contributed by atoms with Crippen molar-refractivity contribution in [3.05, 3.63) is 109 Å². The van der Waals surface area contributed by atoms with Gasteiger partial charge in [-0.3, -0.25) is 14.4 Å². The van der Waals surface area contributed by atoms with Gasteiger partial charge in [-0.1, -0.05) is 265 Å². The normalized spacial score (nSPS) is 12.8. The molecule has 0 saturated carbocycles. The maximum absolute atomic E-state index is 12.9. The van der Waals surface area contributed by atoms with Crippen LogP contribution in [-0.2, 0) is 28.6 Å². The number of unbranched alkanes of at least 4 members (excludes halogenated alkanes) is 29. The molecule has 1 atom stereocenters. The molecule has 6 heteroatoms. The molecular weight excluding hydrogens is 949 g/mol. The van der Waals surface area contributed by atoms with Gasteiger partial charge in [-0.2, -0.15) is 0 Å². The molecule has 0 N–H and O–H groups in total. The highest BCUT2D eigenvalue weighted by Crippen LogP contribution is 2.15. The Bertz CT molecular complexity index is 1560. The first-order valence-electron chi connectivity index (χ1n) is 32.4. The number of rotatable bonds is 58. The summed E-state index contributed by atoms with van der Waals surface area (Å²) in [5, 5.41) is 0. The molecule has 0 fully saturated rings. The molecule has 0 amide bonds. The zero-order valence-electron chi connectivity index (χ0n) is 50.4. The van der Waals surface area contributed by atoms with Crippen molar-refractivity contribution in [2.45, 2.75) is 309 Å². The second-order valence-electron chi connectivity index (χ2n) is 21.3. The van der Waals surface area contributed by atoms with Gasteiger partial charge in [0.2, 0.25) is 0 Å². The minimum atomic E-state index is -0.799. The summed E-state index contributed by atoms with van der Waals surface area (Å²) in [6.07, 6.45) is 88.0. The summed E-state index contributed by atoms with van der Waals surface area (Å²) in [4.78, 5) is 38.4. The lowest BCUT2D eigenvalue weighted by molar-refractivity contribution is -0.167. The van der Waals surface area contributed by atoms with Crippen molar-refractivity contribution < 1.29 is 28.6 Å². The molecule has 6 nitrogen and oxygen atoms in total. The maximum atomic E-state index is 12.9. The van der Waals surface area contributed by atoms with E-state index in [1.54, 1.807) is 0 Å². The number of carbonyl (C=O) groups excluding carboxylic acids is 3. The number of hydrogen-bond donors (Lipinski definition) is 0. The Balaban J connectivity index is 4.43. The quantitative estimate of drug-likeness (QED) is 0.0261. The average molecular weight is 1070 g/mol. The maximum Gasteiger partial charge on any atom is 0.306 e. The van der Waals surface area contributed by atoms with Gasteiger partial charge in [0.15, 0.2) is 6.10 Å². The highest BCUT2D eigenvalue weighted by molar-refractivity contribution is 5.71. The lowest BCUT2D eigenvalue weighted by Crippen LogP contribution is -2.30. The SMILES string of the molecule is CC/C=C\C/C=C\C/C=C\C/C=C\C/C=C\CCCCCCCC(=O)OC(COC(=O)CCCCCCC/C=C\CCCCCCCC)COC(=O)CCCCCCCCCC/C=C\C/C=C\C/C=C\CCCCCCC. The molecule has 0 aromatic heterocycles. The van der Waals surface area contributed by atoms with E-state index in [4.69, 9.17) is 14.2 Å². The summed E-state index contributed by atoms with van der Waals surface area (Å²) in [7, 11) is 0. The second-order valence-corrected chi connectivity index (χ2v) is 21.3. The van der Waals surface area contributed by atoms with Crippen LogP contribution in [0.4, 0.5) is 0 Å². The number of hydrogen-bond acceptors (Lipinski definition) is 6. The van der Waals surface area contributed by atoms with Crippen LogP contribution in [0, 0.1) is 0 Å². The Morgan fingerprint density at radius 1 is 0.273 bits per heavy atom. The van der Waals surface area contributed by atoms with Gasteiger partial charge in [-0.25, -0.2) is 0 Å². The van der Waals surface area contributed by atoms with Crippen LogP contribution in [0.2, 0.25) is 0 Å². The van der Waals surface area contributed by atoms with Gasteiger partial charge in [0.1, 0.15) is 13.2 Å². The Morgan fingerprint density at radius 2 is 0.506 bits per heavy atom. The van der Waals surface area contributed by atoms with E-state index >= 15 is 0 Å². The second kappa shape index (κ2) is 64.6. The molecule has 0 radical (unpaired) electrons. The third-order valence-corrected chi connectivity index (χ3v) is 13.7. The van der Waals surface area contributed by atoms with E-state index < -0.39 is 6.10 Å². The van der Waals surface area contributed by atoms with Crippen molar-refractivity contribution in [2.75, 3.05) is 13.2 Å². The molecule has 0 aromatic carbocycles. The fourth-order valence-corrected chi connectivity index (χ4v) is 8.88. The predicted molar refractivity (Wildman–Crippen MR) is 334 cm³/mol. The zero-order chi connectivity index (χ0) is 55.7. The molecule has 0 saturated heterocycles. The van der Waals surface area contributed by atoms with Crippen LogP contribution < -0.4 is 0 Å². The lowest BCUT2D eigenvalue weighted by atomic mass is 10.1. The highest BCUT2D eigenvalue weighted by Gasteiger charge is 2.19. The Labute approximate surface area is 476 Å². The first-order chi connectivity index (χ1) is 38.0. The van der Waals surface area contributed by atoms with Crippen molar-refractivity contribution in [3.63, 3.8) is 0 Å². The fraction of sp³-hybridized carbons (Fsp3) is 0.704. The van der Waals surface area contributed by atoms with E-state index in [9.17, 15) is 14.4 Å². The summed E-state index contributed by atoms with van der Waals surface area (Å²) < 4.78 is 16.9. The van der Waals surface area contributed by atoms with Gasteiger partial charge in [0.05, 0.1) is 0 Å². The number of esters is 3. The minimum absolute atomic E-state index is 0.0934. The van der Waals surface area contributed by atoms with Crippen molar-refractivity contribution in [1.29, 1.82) is 0 Å². The minimum Gasteiger partial charge on any atom is -0.462 e. The third-order valence-electron chi connectivity index (χ3n) is 13.7. The van der Waals surface area contributed by atoms with Gasteiger partial charge < -0.3 is 14.2 Å². The Kier molecular flexibility index (Phi) is 61.3. The molecule has 0 aliphatic rings. The molecule has 0 rings (SSSR count). The average Bonchev–Trinajstić information content (AvgIpc) is 3.43. The largest absolute Gasteiger partial charge is 0.462 e. The Morgan fingerprint density at radius 3 is 0.805 bits per heavy atom. The van der Waals surface area contributed by atoms with Crippen LogP contribution in [0.1, 0.15) is 303 Å². The van der Waals surface area contributed by atoms with Crippen molar-refractivity contribution in [2.24, 2.45) is 0 Å². The van der Waals surface area contributed by atoms with Crippen LogP contribution >= 0.6 is 0 Å². The molecule has 0 heterocycles. The van der Waals surface area contributed by atoms with Crippen LogP contribution in [0.15, 0.2) is 109 Å². The topological polar surface area (TPSA) is 78.9 Å². The van der Waals surface area contributed by atoms with Gasteiger partial charge in [-0.15, -0.1) is 0 Å². The molecule has 0 spiro atoms. The highest BCUT2D eigenvalue weighted by atomic mass is 16.6. The van der Waals surface area contributed by atoms with E-state index in [1.807, 2.05) is 0 Å². The Hall–Kier alpha value is -3.93. The number of ether oxygens (including phenoxy) is 3.